The molecule has 2 aromatic carbocycles. The van der Waals surface area contributed by atoms with Gasteiger partial charge in [-0.1, -0.05) is 73.7 Å². The van der Waals surface area contributed by atoms with Crippen LogP contribution in [0.25, 0.3) is 10.9 Å². The predicted molar refractivity (Wildman–Crippen MR) is 158 cm³/mol. The highest BCUT2D eigenvalue weighted by Gasteiger charge is 2.19. The van der Waals surface area contributed by atoms with Crippen molar-refractivity contribution in [3.8, 4) is 17.2 Å². The quantitative estimate of drug-likeness (QED) is 0.150. The van der Waals surface area contributed by atoms with Crippen LogP contribution in [0.15, 0.2) is 76.6 Å². The van der Waals surface area contributed by atoms with Crippen LogP contribution in [0.5, 0.6) is 17.2 Å². The summed E-state index contributed by atoms with van der Waals surface area (Å²) in [6, 6.07) is 15.9. The summed E-state index contributed by atoms with van der Waals surface area (Å²) >= 11 is 0. The number of pyridine rings is 1. The van der Waals surface area contributed by atoms with E-state index in [0.717, 1.165) is 55.0 Å². The molecule has 1 heterocycles. The molecule has 1 aromatic heterocycles. The van der Waals surface area contributed by atoms with Crippen LogP contribution in [0.4, 0.5) is 0 Å². The molecule has 3 aromatic rings. The Morgan fingerprint density at radius 2 is 1.71 bits per heavy atom. The van der Waals surface area contributed by atoms with E-state index < -0.39 is 0 Å². The number of hydrogen-bond donors (Lipinski definition) is 0. The smallest absolute Gasteiger partial charge is 0.297 e. The third-order valence-corrected chi connectivity index (χ3v) is 6.59. The number of hydrogen-bond acceptors (Lipinski definition) is 4. The number of nitrogens with zero attached hydrogens (tertiary/aromatic N) is 1. The van der Waals surface area contributed by atoms with Gasteiger partial charge < -0.3 is 18.8 Å². The SMILES string of the molecule is CCCCCCn1c(=O)c(OC)c(OC/C=C(\C)CCC=C(C)C)c2ccc(OCc3ccccc3)cc21. The normalized spacial score (nSPS) is 11.4. The van der Waals surface area contributed by atoms with Crippen molar-refractivity contribution in [1.82, 2.24) is 4.57 Å². The van der Waals surface area contributed by atoms with Crippen LogP contribution >= 0.6 is 0 Å². The number of aryl methyl sites for hydroxylation is 1. The first-order valence-corrected chi connectivity index (χ1v) is 13.8. The highest BCUT2D eigenvalue weighted by atomic mass is 16.5. The average Bonchev–Trinajstić information content (AvgIpc) is 2.91. The first kappa shape index (κ1) is 29.1. The number of fused-ring (bicyclic) bond motifs is 1. The van der Waals surface area contributed by atoms with Gasteiger partial charge in [-0.05, 0) is 63.8 Å². The largest absolute Gasteiger partial charge is 0.489 e. The first-order chi connectivity index (χ1) is 18.4. The highest BCUT2D eigenvalue weighted by Crippen LogP contribution is 2.35. The summed E-state index contributed by atoms with van der Waals surface area (Å²) in [4.78, 5) is 13.6. The molecule has 0 bridgehead atoms. The molecule has 5 nitrogen and oxygen atoms in total. The lowest BCUT2D eigenvalue weighted by Crippen LogP contribution is -2.23. The molecule has 3 rings (SSSR count). The van der Waals surface area contributed by atoms with Crippen molar-refractivity contribution in [1.29, 1.82) is 0 Å². The van der Waals surface area contributed by atoms with Gasteiger partial charge in [-0.3, -0.25) is 4.79 Å². The van der Waals surface area contributed by atoms with Crippen LogP contribution in [0.1, 0.15) is 71.8 Å². The Morgan fingerprint density at radius 1 is 0.921 bits per heavy atom. The van der Waals surface area contributed by atoms with Gasteiger partial charge >= 0.3 is 0 Å². The Morgan fingerprint density at radius 3 is 2.42 bits per heavy atom. The summed E-state index contributed by atoms with van der Waals surface area (Å²) < 4.78 is 19.7. The number of benzene rings is 2. The molecule has 0 saturated carbocycles. The fraction of sp³-hybridized carbons (Fsp3) is 0.424. The number of allylic oxidation sites excluding steroid dienone is 3. The summed E-state index contributed by atoms with van der Waals surface area (Å²) in [5, 5.41) is 0.847. The molecule has 5 heteroatoms. The maximum Gasteiger partial charge on any atom is 0.297 e. The molecule has 0 N–H and O–H groups in total. The van der Waals surface area contributed by atoms with Crippen molar-refractivity contribution in [2.75, 3.05) is 13.7 Å². The van der Waals surface area contributed by atoms with E-state index in [1.807, 2.05) is 53.1 Å². The number of ether oxygens (including phenoxy) is 3. The number of unbranched alkanes of at least 4 members (excludes halogenated alkanes) is 3. The molecule has 0 saturated heterocycles. The molecule has 204 valence electrons. The van der Waals surface area contributed by atoms with E-state index in [1.165, 1.54) is 18.3 Å². The standard InChI is InChI=1S/C33H43NO4/c1-6-7-8-12-21-34-30-23-28(38-24-27-16-10-9-11-17-27)18-19-29(30)31(32(36-5)33(34)35)37-22-20-26(4)15-13-14-25(2)3/h9-11,14,16-20,23H,6-8,12-13,15,21-22,24H2,1-5H3/b26-20+. The molecule has 0 atom stereocenters. The van der Waals surface area contributed by atoms with Crippen LogP contribution in [-0.2, 0) is 13.2 Å². The van der Waals surface area contributed by atoms with E-state index in [0.29, 0.717) is 31.3 Å². The van der Waals surface area contributed by atoms with Gasteiger partial charge in [0, 0.05) is 18.0 Å². The van der Waals surface area contributed by atoms with E-state index >= 15 is 0 Å². The molecule has 38 heavy (non-hydrogen) atoms. The van der Waals surface area contributed by atoms with Gasteiger partial charge in [0.05, 0.1) is 12.6 Å². The van der Waals surface area contributed by atoms with Crippen molar-refractivity contribution < 1.29 is 14.2 Å². The molecule has 0 amide bonds. The Bertz CT molecular complexity index is 1280. The minimum absolute atomic E-state index is 0.170. The zero-order valence-corrected chi connectivity index (χ0v) is 23.7. The fourth-order valence-corrected chi connectivity index (χ4v) is 4.41. The minimum atomic E-state index is -0.170. The molecular formula is C33H43NO4. The lowest BCUT2D eigenvalue weighted by Gasteiger charge is -2.18. The summed E-state index contributed by atoms with van der Waals surface area (Å²) in [5.74, 6) is 1.45. The van der Waals surface area contributed by atoms with Gasteiger partial charge in [0.2, 0.25) is 5.75 Å². The highest BCUT2D eigenvalue weighted by molar-refractivity contribution is 5.89. The van der Waals surface area contributed by atoms with E-state index in [-0.39, 0.29) is 11.3 Å². The van der Waals surface area contributed by atoms with Crippen molar-refractivity contribution >= 4 is 10.9 Å². The predicted octanol–water partition coefficient (Wildman–Crippen LogP) is 8.24. The Kier molecular flexibility index (Phi) is 11.5. The molecular weight excluding hydrogens is 474 g/mol. The summed E-state index contributed by atoms with van der Waals surface area (Å²) in [6.45, 7) is 9.99. The second-order valence-electron chi connectivity index (χ2n) is 10.0. The van der Waals surface area contributed by atoms with E-state index in [1.54, 1.807) is 0 Å². The number of methoxy groups -OCH3 is 1. The van der Waals surface area contributed by atoms with Gasteiger partial charge in [0.15, 0.2) is 5.75 Å². The van der Waals surface area contributed by atoms with Crippen molar-refractivity contribution in [3.05, 3.63) is 87.7 Å². The maximum absolute atomic E-state index is 13.6. The molecule has 0 fully saturated rings. The van der Waals surface area contributed by atoms with Crippen LogP contribution in [0.3, 0.4) is 0 Å². The number of rotatable bonds is 15. The maximum atomic E-state index is 13.6. The molecule has 0 spiro atoms. The van der Waals surface area contributed by atoms with Crippen molar-refractivity contribution in [3.63, 3.8) is 0 Å². The number of aromatic nitrogens is 1. The summed E-state index contributed by atoms with van der Waals surface area (Å²) in [7, 11) is 1.54. The van der Waals surface area contributed by atoms with Crippen LogP contribution < -0.4 is 19.8 Å². The first-order valence-electron chi connectivity index (χ1n) is 13.8. The fourth-order valence-electron chi connectivity index (χ4n) is 4.41. The van der Waals surface area contributed by atoms with Gasteiger partial charge in [0.25, 0.3) is 5.56 Å². The van der Waals surface area contributed by atoms with Crippen LogP contribution in [-0.4, -0.2) is 18.3 Å². The zero-order valence-electron chi connectivity index (χ0n) is 23.7. The molecule has 0 aliphatic rings. The second kappa shape index (κ2) is 15.1. The molecule has 0 radical (unpaired) electrons. The lowest BCUT2D eigenvalue weighted by atomic mass is 10.1. The summed E-state index contributed by atoms with van der Waals surface area (Å²) in [5.41, 5.74) is 4.31. The van der Waals surface area contributed by atoms with E-state index in [4.69, 9.17) is 14.2 Å². The lowest BCUT2D eigenvalue weighted by molar-refractivity contribution is 0.306. The van der Waals surface area contributed by atoms with E-state index in [2.05, 4.69) is 39.8 Å². The topological polar surface area (TPSA) is 49.7 Å². The van der Waals surface area contributed by atoms with Gasteiger partial charge in [-0.2, -0.15) is 0 Å². The molecule has 0 aliphatic heterocycles. The van der Waals surface area contributed by atoms with Gasteiger partial charge in [0.1, 0.15) is 19.0 Å². The second-order valence-corrected chi connectivity index (χ2v) is 10.0. The minimum Gasteiger partial charge on any atom is -0.489 e. The Labute approximate surface area is 227 Å². The Hall–Kier alpha value is -3.47. The molecule has 0 unspecified atom stereocenters. The summed E-state index contributed by atoms with van der Waals surface area (Å²) in [6.07, 6.45) is 10.6. The zero-order chi connectivity index (χ0) is 27.3. The Balaban J connectivity index is 1.93. The van der Waals surface area contributed by atoms with Crippen molar-refractivity contribution in [2.24, 2.45) is 0 Å². The van der Waals surface area contributed by atoms with E-state index in [9.17, 15) is 4.79 Å². The van der Waals surface area contributed by atoms with Crippen LogP contribution in [0, 0.1) is 0 Å². The van der Waals surface area contributed by atoms with Gasteiger partial charge in [-0.25, -0.2) is 0 Å². The van der Waals surface area contributed by atoms with Crippen molar-refractivity contribution in [2.45, 2.75) is 79.4 Å². The monoisotopic (exact) mass is 517 g/mol. The average molecular weight is 518 g/mol. The van der Waals surface area contributed by atoms with Gasteiger partial charge in [-0.15, -0.1) is 0 Å². The third kappa shape index (κ3) is 8.27. The van der Waals surface area contributed by atoms with Crippen LogP contribution in [0.2, 0.25) is 0 Å². The third-order valence-electron chi connectivity index (χ3n) is 6.59. The molecule has 0 aliphatic carbocycles.